The molecule has 0 unspecified atom stereocenters. The highest BCUT2D eigenvalue weighted by Crippen LogP contribution is 2.28. The standard InChI is InChI=1S/C14H16O3/c1-3-17-14(16)13(15)12-8-7-9(2)10-5-4-6-11(10)12/h7-8H,3-6H2,1-2H3. The van der Waals surface area contributed by atoms with E-state index in [-0.39, 0.29) is 6.61 Å². The fourth-order valence-corrected chi connectivity index (χ4v) is 2.40. The molecule has 3 heteroatoms. The summed E-state index contributed by atoms with van der Waals surface area (Å²) in [6.45, 7) is 3.98. The van der Waals surface area contributed by atoms with Gasteiger partial charge in [-0.15, -0.1) is 0 Å². The first kappa shape index (κ1) is 11.8. The van der Waals surface area contributed by atoms with Crippen molar-refractivity contribution in [1.82, 2.24) is 0 Å². The molecular weight excluding hydrogens is 216 g/mol. The van der Waals surface area contributed by atoms with Crippen LogP contribution in [0.1, 0.15) is 40.4 Å². The lowest BCUT2D eigenvalue weighted by molar-refractivity contribution is -0.137. The molecule has 0 N–H and O–H groups in total. The van der Waals surface area contributed by atoms with Crippen molar-refractivity contribution in [2.24, 2.45) is 0 Å². The number of fused-ring (bicyclic) bond motifs is 1. The predicted octanol–water partition coefficient (Wildman–Crippen LogP) is 2.23. The van der Waals surface area contributed by atoms with Gasteiger partial charge in [0, 0.05) is 5.56 Å². The lowest BCUT2D eigenvalue weighted by Crippen LogP contribution is -2.19. The minimum Gasteiger partial charge on any atom is -0.460 e. The quantitative estimate of drug-likeness (QED) is 0.456. The molecule has 1 aliphatic rings. The summed E-state index contributed by atoms with van der Waals surface area (Å²) in [5, 5.41) is 0. The number of aryl methyl sites for hydroxylation is 1. The molecule has 2 rings (SSSR count). The van der Waals surface area contributed by atoms with Crippen LogP contribution in [0.5, 0.6) is 0 Å². The average molecular weight is 232 g/mol. The number of rotatable bonds is 3. The molecule has 0 saturated carbocycles. The largest absolute Gasteiger partial charge is 0.460 e. The molecule has 0 heterocycles. The van der Waals surface area contributed by atoms with Gasteiger partial charge in [-0.2, -0.15) is 0 Å². The molecule has 0 bridgehead atoms. The summed E-state index contributed by atoms with van der Waals surface area (Å²) in [6, 6.07) is 3.66. The molecule has 0 atom stereocenters. The second-order valence-corrected chi connectivity index (χ2v) is 4.29. The van der Waals surface area contributed by atoms with Crippen LogP contribution in [0, 0.1) is 6.92 Å². The lowest BCUT2D eigenvalue weighted by Gasteiger charge is -2.09. The number of ether oxygens (including phenoxy) is 1. The molecule has 0 spiro atoms. The van der Waals surface area contributed by atoms with Gasteiger partial charge in [-0.05, 0) is 49.8 Å². The van der Waals surface area contributed by atoms with Gasteiger partial charge < -0.3 is 4.74 Å². The van der Waals surface area contributed by atoms with Crippen LogP contribution < -0.4 is 0 Å². The zero-order valence-corrected chi connectivity index (χ0v) is 10.2. The number of carbonyl (C=O) groups excluding carboxylic acids is 2. The van der Waals surface area contributed by atoms with E-state index in [4.69, 9.17) is 4.74 Å². The Kier molecular flexibility index (Phi) is 3.27. The summed E-state index contributed by atoms with van der Waals surface area (Å²) in [4.78, 5) is 23.4. The summed E-state index contributed by atoms with van der Waals surface area (Å²) in [5.41, 5.74) is 4.02. The second kappa shape index (κ2) is 4.70. The normalized spacial score (nSPS) is 13.3. The Bertz CT molecular complexity index is 475. The topological polar surface area (TPSA) is 43.4 Å². The Labute approximate surface area is 101 Å². The van der Waals surface area contributed by atoms with Crippen LogP contribution in [-0.2, 0) is 22.4 Å². The van der Waals surface area contributed by atoms with Crippen LogP contribution in [0.4, 0.5) is 0 Å². The monoisotopic (exact) mass is 232 g/mol. The van der Waals surface area contributed by atoms with Gasteiger partial charge in [0.1, 0.15) is 0 Å². The highest BCUT2D eigenvalue weighted by atomic mass is 16.5. The van der Waals surface area contributed by atoms with Crippen LogP contribution in [0.15, 0.2) is 12.1 Å². The number of ketones is 1. The molecule has 0 aliphatic heterocycles. The number of Topliss-reactive ketones (excluding diaryl/α,β-unsaturated/α-hetero) is 1. The van der Waals surface area contributed by atoms with Crippen molar-refractivity contribution in [2.45, 2.75) is 33.1 Å². The smallest absolute Gasteiger partial charge is 0.379 e. The van der Waals surface area contributed by atoms with E-state index in [1.807, 2.05) is 13.0 Å². The fraction of sp³-hybridized carbons (Fsp3) is 0.429. The zero-order chi connectivity index (χ0) is 12.4. The molecule has 0 saturated heterocycles. The summed E-state index contributed by atoms with van der Waals surface area (Å²) < 4.78 is 4.76. The maximum absolute atomic E-state index is 11.9. The van der Waals surface area contributed by atoms with Crippen molar-refractivity contribution in [2.75, 3.05) is 6.61 Å². The third-order valence-corrected chi connectivity index (χ3v) is 3.22. The maximum Gasteiger partial charge on any atom is 0.379 e. The van der Waals surface area contributed by atoms with E-state index in [1.165, 1.54) is 11.1 Å². The van der Waals surface area contributed by atoms with Crippen LogP contribution in [0.25, 0.3) is 0 Å². The SMILES string of the molecule is CCOC(=O)C(=O)c1ccc(C)c2c1CCC2. The van der Waals surface area contributed by atoms with Gasteiger partial charge in [0.15, 0.2) is 0 Å². The summed E-state index contributed by atoms with van der Waals surface area (Å²) >= 11 is 0. The summed E-state index contributed by atoms with van der Waals surface area (Å²) in [6.07, 6.45) is 2.95. The van der Waals surface area contributed by atoms with E-state index in [9.17, 15) is 9.59 Å². The molecule has 0 aromatic heterocycles. The van der Waals surface area contributed by atoms with Crippen molar-refractivity contribution < 1.29 is 14.3 Å². The maximum atomic E-state index is 11.9. The minimum atomic E-state index is -0.745. The Morgan fingerprint density at radius 2 is 1.94 bits per heavy atom. The Hall–Kier alpha value is -1.64. The van der Waals surface area contributed by atoms with E-state index in [0.29, 0.717) is 5.56 Å². The number of carbonyl (C=O) groups is 2. The van der Waals surface area contributed by atoms with Crippen molar-refractivity contribution in [1.29, 1.82) is 0 Å². The van der Waals surface area contributed by atoms with E-state index in [2.05, 4.69) is 0 Å². The third kappa shape index (κ3) is 2.09. The molecule has 90 valence electrons. The summed E-state index contributed by atoms with van der Waals surface area (Å²) in [7, 11) is 0. The van der Waals surface area contributed by atoms with Crippen molar-refractivity contribution in [3.63, 3.8) is 0 Å². The first-order chi connectivity index (χ1) is 8.15. The Morgan fingerprint density at radius 3 is 2.65 bits per heavy atom. The van der Waals surface area contributed by atoms with Crippen LogP contribution in [0.3, 0.4) is 0 Å². The molecule has 1 aromatic carbocycles. The molecule has 1 aromatic rings. The van der Waals surface area contributed by atoms with Crippen molar-refractivity contribution in [3.8, 4) is 0 Å². The Morgan fingerprint density at radius 1 is 1.24 bits per heavy atom. The van der Waals surface area contributed by atoms with Crippen molar-refractivity contribution >= 4 is 11.8 Å². The molecule has 0 amide bonds. The number of esters is 1. The third-order valence-electron chi connectivity index (χ3n) is 3.22. The first-order valence-electron chi connectivity index (χ1n) is 5.98. The average Bonchev–Trinajstić information content (AvgIpc) is 2.79. The van der Waals surface area contributed by atoms with Crippen molar-refractivity contribution in [3.05, 3.63) is 34.4 Å². The minimum absolute atomic E-state index is 0.235. The molecule has 17 heavy (non-hydrogen) atoms. The van der Waals surface area contributed by atoms with Gasteiger partial charge in [-0.1, -0.05) is 12.1 Å². The fourth-order valence-electron chi connectivity index (χ4n) is 2.40. The zero-order valence-electron chi connectivity index (χ0n) is 10.2. The van der Waals surface area contributed by atoms with Crippen LogP contribution in [0.2, 0.25) is 0 Å². The second-order valence-electron chi connectivity index (χ2n) is 4.29. The van der Waals surface area contributed by atoms with Crippen LogP contribution in [-0.4, -0.2) is 18.4 Å². The van der Waals surface area contributed by atoms with Gasteiger partial charge in [-0.25, -0.2) is 4.79 Å². The predicted molar refractivity (Wildman–Crippen MR) is 64.2 cm³/mol. The number of hydrogen-bond acceptors (Lipinski definition) is 3. The molecular formula is C14H16O3. The summed E-state index contributed by atoms with van der Waals surface area (Å²) in [5.74, 6) is -1.25. The molecule has 1 aliphatic carbocycles. The lowest BCUT2D eigenvalue weighted by atomic mass is 9.96. The van der Waals surface area contributed by atoms with Gasteiger partial charge in [-0.3, -0.25) is 4.79 Å². The molecule has 0 fully saturated rings. The Balaban J connectivity index is 2.37. The number of benzene rings is 1. The highest BCUT2D eigenvalue weighted by molar-refractivity contribution is 6.41. The van der Waals surface area contributed by atoms with E-state index in [0.717, 1.165) is 24.8 Å². The van der Waals surface area contributed by atoms with Gasteiger partial charge in [0.2, 0.25) is 0 Å². The van der Waals surface area contributed by atoms with Gasteiger partial charge in [0.25, 0.3) is 5.78 Å². The highest BCUT2D eigenvalue weighted by Gasteiger charge is 2.25. The number of hydrogen-bond donors (Lipinski definition) is 0. The van der Waals surface area contributed by atoms with E-state index >= 15 is 0 Å². The van der Waals surface area contributed by atoms with E-state index < -0.39 is 11.8 Å². The molecule has 3 nitrogen and oxygen atoms in total. The van der Waals surface area contributed by atoms with E-state index in [1.54, 1.807) is 13.0 Å². The first-order valence-corrected chi connectivity index (χ1v) is 5.98. The van der Waals surface area contributed by atoms with Gasteiger partial charge >= 0.3 is 5.97 Å². The van der Waals surface area contributed by atoms with Gasteiger partial charge in [0.05, 0.1) is 6.61 Å². The molecule has 0 radical (unpaired) electrons. The van der Waals surface area contributed by atoms with Crippen LogP contribution >= 0.6 is 0 Å².